The van der Waals surface area contributed by atoms with Gasteiger partial charge in [0, 0.05) is 24.3 Å². The zero-order valence-corrected chi connectivity index (χ0v) is 11.9. The van der Waals surface area contributed by atoms with Gasteiger partial charge in [0.25, 0.3) is 0 Å². The summed E-state index contributed by atoms with van der Waals surface area (Å²) in [6, 6.07) is 10.2. The van der Waals surface area contributed by atoms with Crippen molar-refractivity contribution in [3.63, 3.8) is 0 Å². The smallest absolute Gasteiger partial charge is 0.0810 e. The Kier molecular flexibility index (Phi) is 6.41. The average molecular weight is 279 g/mol. The number of nitrogens with zero attached hydrogens (tertiary/aromatic N) is 1. The van der Waals surface area contributed by atoms with Crippen LogP contribution in [-0.2, 0) is 4.74 Å². The number of benzene rings is 1. The third kappa shape index (κ3) is 5.35. The van der Waals surface area contributed by atoms with Crippen LogP contribution in [0.4, 0.5) is 0 Å². The van der Waals surface area contributed by atoms with Crippen LogP contribution in [0.3, 0.4) is 0 Å². The van der Waals surface area contributed by atoms with Crippen LogP contribution in [0.25, 0.3) is 0 Å². The molecular formula is C15H21NO2S. The molecule has 0 radical (unpaired) electrons. The summed E-state index contributed by atoms with van der Waals surface area (Å²) in [6.45, 7) is 0.998. The van der Waals surface area contributed by atoms with E-state index in [2.05, 4.69) is 17.1 Å². The Morgan fingerprint density at radius 2 is 2.05 bits per heavy atom. The summed E-state index contributed by atoms with van der Waals surface area (Å²) in [6.07, 6.45) is 4.38. The SMILES string of the molecule is OCC1CCC(CSCCN=Cc2ccccc2)O1. The summed E-state index contributed by atoms with van der Waals surface area (Å²) in [4.78, 5) is 4.41. The normalized spacial score (nSPS) is 23.2. The fourth-order valence-electron chi connectivity index (χ4n) is 2.08. The number of ether oxygens (including phenoxy) is 1. The van der Waals surface area contributed by atoms with E-state index in [1.165, 1.54) is 0 Å². The molecule has 2 rings (SSSR count). The van der Waals surface area contributed by atoms with Gasteiger partial charge in [0.05, 0.1) is 18.8 Å². The average Bonchev–Trinajstić information content (AvgIpc) is 2.92. The molecule has 1 heterocycles. The summed E-state index contributed by atoms with van der Waals surface area (Å²) in [5.41, 5.74) is 1.15. The third-order valence-electron chi connectivity index (χ3n) is 3.11. The van der Waals surface area contributed by atoms with Gasteiger partial charge in [-0.05, 0) is 18.4 Å². The minimum Gasteiger partial charge on any atom is -0.394 e. The predicted octanol–water partition coefficient (Wildman–Crippen LogP) is 2.38. The molecule has 19 heavy (non-hydrogen) atoms. The van der Waals surface area contributed by atoms with Crippen molar-refractivity contribution in [3.05, 3.63) is 35.9 Å². The second-order valence-corrected chi connectivity index (χ2v) is 5.81. The highest BCUT2D eigenvalue weighted by atomic mass is 32.2. The first-order chi connectivity index (χ1) is 9.38. The summed E-state index contributed by atoms with van der Waals surface area (Å²) in [7, 11) is 0. The van der Waals surface area contributed by atoms with Gasteiger partial charge in [0.1, 0.15) is 0 Å². The topological polar surface area (TPSA) is 41.8 Å². The number of hydrogen-bond donors (Lipinski definition) is 1. The molecule has 1 aromatic rings. The van der Waals surface area contributed by atoms with E-state index >= 15 is 0 Å². The molecule has 1 aliphatic rings. The molecule has 3 nitrogen and oxygen atoms in total. The van der Waals surface area contributed by atoms with Crippen LogP contribution in [0, 0.1) is 0 Å². The Bertz CT molecular complexity index is 383. The monoisotopic (exact) mass is 279 g/mol. The Balaban J connectivity index is 1.54. The van der Waals surface area contributed by atoms with E-state index in [1.54, 1.807) is 0 Å². The summed E-state index contributed by atoms with van der Waals surface area (Å²) in [5.74, 6) is 2.03. The Morgan fingerprint density at radius 1 is 1.26 bits per heavy atom. The lowest BCUT2D eigenvalue weighted by molar-refractivity contribution is 0.0218. The molecule has 1 fully saturated rings. The molecule has 0 bridgehead atoms. The number of aliphatic hydroxyl groups excluding tert-OH is 1. The lowest BCUT2D eigenvalue weighted by atomic mass is 10.2. The van der Waals surface area contributed by atoms with Crippen molar-refractivity contribution in [2.75, 3.05) is 24.7 Å². The van der Waals surface area contributed by atoms with Crippen LogP contribution in [-0.4, -0.2) is 48.2 Å². The fourth-order valence-corrected chi connectivity index (χ4v) is 2.99. The number of thioether (sulfide) groups is 1. The van der Waals surface area contributed by atoms with Gasteiger partial charge in [0.2, 0.25) is 0 Å². The van der Waals surface area contributed by atoms with E-state index < -0.39 is 0 Å². The van der Waals surface area contributed by atoms with Gasteiger partial charge in [0.15, 0.2) is 0 Å². The van der Waals surface area contributed by atoms with E-state index in [0.717, 1.165) is 36.5 Å². The molecule has 0 amide bonds. The maximum atomic E-state index is 8.98. The predicted molar refractivity (Wildman–Crippen MR) is 81.2 cm³/mol. The quantitative estimate of drug-likeness (QED) is 0.615. The van der Waals surface area contributed by atoms with Crippen molar-refractivity contribution in [2.45, 2.75) is 25.0 Å². The van der Waals surface area contributed by atoms with Gasteiger partial charge in [-0.1, -0.05) is 30.3 Å². The van der Waals surface area contributed by atoms with Crippen molar-refractivity contribution < 1.29 is 9.84 Å². The van der Waals surface area contributed by atoms with Crippen molar-refractivity contribution >= 4 is 18.0 Å². The molecule has 1 saturated heterocycles. The van der Waals surface area contributed by atoms with Crippen molar-refractivity contribution in [1.29, 1.82) is 0 Å². The molecule has 2 atom stereocenters. The number of aliphatic imine (C=N–C) groups is 1. The lowest BCUT2D eigenvalue weighted by Crippen LogP contribution is -2.16. The molecule has 1 aliphatic heterocycles. The first kappa shape index (κ1) is 14.6. The molecule has 0 aliphatic carbocycles. The molecule has 4 heteroatoms. The maximum Gasteiger partial charge on any atom is 0.0810 e. The maximum absolute atomic E-state index is 8.98. The highest BCUT2D eigenvalue weighted by Crippen LogP contribution is 2.22. The largest absolute Gasteiger partial charge is 0.394 e. The number of rotatable bonds is 7. The van der Waals surface area contributed by atoms with E-state index in [1.807, 2.05) is 36.2 Å². The van der Waals surface area contributed by atoms with Crippen molar-refractivity contribution in [1.82, 2.24) is 0 Å². The Morgan fingerprint density at radius 3 is 2.79 bits per heavy atom. The number of hydrogen-bond acceptors (Lipinski definition) is 4. The molecule has 104 valence electrons. The Hall–Kier alpha value is -0.840. The molecular weight excluding hydrogens is 258 g/mol. The number of aliphatic hydroxyl groups is 1. The summed E-state index contributed by atoms with van der Waals surface area (Å²) < 4.78 is 5.68. The van der Waals surface area contributed by atoms with Crippen LogP contribution >= 0.6 is 11.8 Å². The van der Waals surface area contributed by atoms with Crippen LogP contribution in [0.15, 0.2) is 35.3 Å². The highest BCUT2D eigenvalue weighted by Gasteiger charge is 2.23. The zero-order chi connectivity index (χ0) is 13.3. The van der Waals surface area contributed by atoms with Crippen LogP contribution in [0.1, 0.15) is 18.4 Å². The van der Waals surface area contributed by atoms with E-state index in [4.69, 9.17) is 9.84 Å². The zero-order valence-electron chi connectivity index (χ0n) is 11.1. The first-order valence-corrected chi connectivity index (χ1v) is 7.93. The third-order valence-corrected chi connectivity index (χ3v) is 4.19. The van der Waals surface area contributed by atoms with Gasteiger partial charge in [-0.25, -0.2) is 0 Å². The van der Waals surface area contributed by atoms with Crippen LogP contribution < -0.4 is 0 Å². The second kappa shape index (κ2) is 8.35. The molecule has 0 aromatic heterocycles. The minimum atomic E-state index is 0.0710. The Labute approximate surface area is 119 Å². The highest BCUT2D eigenvalue weighted by molar-refractivity contribution is 7.99. The van der Waals surface area contributed by atoms with E-state index in [0.29, 0.717) is 6.10 Å². The van der Waals surface area contributed by atoms with Gasteiger partial charge >= 0.3 is 0 Å². The molecule has 0 saturated carbocycles. The molecule has 2 unspecified atom stereocenters. The van der Waals surface area contributed by atoms with E-state index in [9.17, 15) is 0 Å². The van der Waals surface area contributed by atoms with Crippen molar-refractivity contribution in [2.24, 2.45) is 4.99 Å². The minimum absolute atomic E-state index is 0.0710. The molecule has 1 N–H and O–H groups in total. The van der Waals surface area contributed by atoms with E-state index in [-0.39, 0.29) is 12.7 Å². The lowest BCUT2D eigenvalue weighted by Gasteiger charge is -2.10. The molecule has 1 aromatic carbocycles. The fraction of sp³-hybridized carbons (Fsp3) is 0.533. The van der Waals surface area contributed by atoms with Crippen LogP contribution in [0.5, 0.6) is 0 Å². The molecule has 0 spiro atoms. The summed E-state index contributed by atoms with van der Waals surface area (Å²) >= 11 is 1.88. The van der Waals surface area contributed by atoms with Crippen molar-refractivity contribution in [3.8, 4) is 0 Å². The first-order valence-electron chi connectivity index (χ1n) is 6.77. The van der Waals surface area contributed by atoms with Gasteiger partial charge < -0.3 is 9.84 Å². The summed E-state index contributed by atoms with van der Waals surface area (Å²) in [5, 5.41) is 8.98. The van der Waals surface area contributed by atoms with Gasteiger partial charge in [-0.15, -0.1) is 0 Å². The van der Waals surface area contributed by atoms with Gasteiger partial charge in [-0.3, -0.25) is 4.99 Å². The standard InChI is InChI=1S/C15H21NO2S/c17-11-14-6-7-15(18-14)12-19-9-8-16-10-13-4-2-1-3-5-13/h1-5,10,14-15,17H,6-9,11-12H2. The second-order valence-electron chi connectivity index (χ2n) is 4.66. The van der Waals surface area contributed by atoms with Crippen LogP contribution in [0.2, 0.25) is 0 Å². The van der Waals surface area contributed by atoms with Gasteiger partial charge in [-0.2, -0.15) is 11.8 Å².